The van der Waals surface area contributed by atoms with Crippen molar-refractivity contribution >= 4 is 33.0 Å². The Labute approximate surface area is 132 Å². The summed E-state index contributed by atoms with van der Waals surface area (Å²) < 4.78 is 32.4. The van der Waals surface area contributed by atoms with Crippen LogP contribution in [0.1, 0.15) is 11.1 Å². The van der Waals surface area contributed by atoms with Gasteiger partial charge in [-0.05, 0) is 34.5 Å². The summed E-state index contributed by atoms with van der Waals surface area (Å²) in [6, 6.07) is 4.61. The van der Waals surface area contributed by atoms with Gasteiger partial charge in [-0.15, -0.1) is 0 Å². The number of aliphatic hydroxyl groups is 1. The Morgan fingerprint density at radius 2 is 2.19 bits per heavy atom. The van der Waals surface area contributed by atoms with Gasteiger partial charge in [-0.2, -0.15) is 11.3 Å². The van der Waals surface area contributed by atoms with Gasteiger partial charge in [-0.3, -0.25) is 0 Å². The zero-order valence-electron chi connectivity index (χ0n) is 11.2. The van der Waals surface area contributed by atoms with E-state index in [9.17, 15) is 13.5 Å². The minimum absolute atomic E-state index is 0.0863. The molecule has 0 spiro atoms. The molecule has 0 aliphatic heterocycles. The molecule has 1 aromatic heterocycles. The van der Waals surface area contributed by atoms with Crippen LogP contribution in [0.3, 0.4) is 0 Å². The Bertz CT molecular complexity index is 714. The summed E-state index contributed by atoms with van der Waals surface area (Å²) in [4.78, 5) is -0.0863. The monoisotopic (exact) mass is 347 g/mol. The second-order valence-electron chi connectivity index (χ2n) is 4.21. The first kappa shape index (κ1) is 16.3. The molecule has 0 aliphatic carbocycles. The van der Waals surface area contributed by atoms with E-state index in [0.29, 0.717) is 5.56 Å². The molecule has 21 heavy (non-hydrogen) atoms. The van der Waals surface area contributed by atoms with E-state index in [-0.39, 0.29) is 28.8 Å². The zero-order chi connectivity index (χ0) is 15.5. The van der Waals surface area contributed by atoms with Crippen molar-refractivity contribution in [2.45, 2.75) is 18.0 Å². The fourth-order valence-electron chi connectivity index (χ4n) is 1.82. The number of sulfonamides is 1. The van der Waals surface area contributed by atoms with Crippen molar-refractivity contribution in [2.24, 2.45) is 0 Å². The predicted molar refractivity (Wildman–Crippen MR) is 82.3 cm³/mol. The lowest BCUT2D eigenvalue weighted by Crippen LogP contribution is -2.24. The molecule has 2 N–H and O–H groups in total. The number of thiophene rings is 1. The van der Waals surface area contributed by atoms with E-state index >= 15 is 0 Å². The summed E-state index contributed by atoms with van der Waals surface area (Å²) in [5.74, 6) is 0.0970. The van der Waals surface area contributed by atoms with Crippen molar-refractivity contribution in [2.75, 3.05) is 7.11 Å². The molecule has 0 unspecified atom stereocenters. The maximum Gasteiger partial charge on any atom is 0.244 e. The van der Waals surface area contributed by atoms with E-state index in [2.05, 4.69) is 4.72 Å². The van der Waals surface area contributed by atoms with Gasteiger partial charge in [-0.1, -0.05) is 11.6 Å². The highest BCUT2D eigenvalue weighted by molar-refractivity contribution is 7.89. The molecule has 8 heteroatoms. The average molecular weight is 348 g/mol. The minimum Gasteiger partial charge on any atom is -0.495 e. The molecule has 5 nitrogen and oxygen atoms in total. The van der Waals surface area contributed by atoms with Crippen LogP contribution in [0.15, 0.2) is 33.9 Å². The number of hydrogen-bond donors (Lipinski definition) is 2. The Balaban J connectivity index is 2.36. The van der Waals surface area contributed by atoms with E-state index in [1.165, 1.54) is 30.6 Å². The summed E-state index contributed by atoms with van der Waals surface area (Å²) in [6.07, 6.45) is 0. The van der Waals surface area contributed by atoms with Crippen molar-refractivity contribution in [1.29, 1.82) is 0 Å². The first-order valence-corrected chi connectivity index (χ1v) is 8.76. The Hall–Kier alpha value is -1.12. The van der Waals surface area contributed by atoms with Gasteiger partial charge >= 0.3 is 0 Å². The topological polar surface area (TPSA) is 75.6 Å². The number of aliphatic hydroxyl groups excluding tert-OH is 1. The Morgan fingerprint density at radius 1 is 1.43 bits per heavy atom. The third-order valence-electron chi connectivity index (χ3n) is 2.81. The molecule has 0 fully saturated rings. The van der Waals surface area contributed by atoms with Gasteiger partial charge in [0.2, 0.25) is 10.0 Å². The van der Waals surface area contributed by atoms with Crippen LogP contribution in [0.5, 0.6) is 5.75 Å². The Kier molecular flexibility index (Phi) is 5.23. The number of rotatable bonds is 6. The standard InChI is InChI=1S/C13H14ClNO4S2/c1-19-13-10(7-16)4-11(14)5-12(13)21(17,18)15-6-9-2-3-20-8-9/h2-5,8,15-16H,6-7H2,1H3. The van der Waals surface area contributed by atoms with Crippen LogP contribution in [-0.2, 0) is 23.2 Å². The quantitative estimate of drug-likeness (QED) is 0.841. The van der Waals surface area contributed by atoms with Gasteiger partial charge in [-0.25, -0.2) is 13.1 Å². The molecule has 0 bridgehead atoms. The molecule has 0 radical (unpaired) electrons. The molecular formula is C13H14ClNO4S2. The van der Waals surface area contributed by atoms with Crippen molar-refractivity contribution in [3.63, 3.8) is 0 Å². The fourth-order valence-corrected chi connectivity index (χ4v) is 4.05. The van der Waals surface area contributed by atoms with Crippen LogP contribution in [0.4, 0.5) is 0 Å². The average Bonchev–Trinajstić information content (AvgIpc) is 2.97. The number of ether oxygens (including phenoxy) is 1. The second-order valence-corrected chi connectivity index (χ2v) is 7.16. The number of halogens is 1. The first-order valence-electron chi connectivity index (χ1n) is 5.96. The predicted octanol–water partition coefficient (Wildman–Crippen LogP) is 2.38. The summed E-state index contributed by atoms with van der Waals surface area (Å²) in [5.41, 5.74) is 1.19. The summed E-state index contributed by atoms with van der Waals surface area (Å²) >= 11 is 7.39. The van der Waals surface area contributed by atoms with Crippen molar-refractivity contribution in [3.05, 3.63) is 45.1 Å². The summed E-state index contributed by atoms with van der Waals surface area (Å²) in [5, 5.41) is 13.2. The van der Waals surface area contributed by atoms with Gasteiger partial charge < -0.3 is 9.84 Å². The van der Waals surface area contributed by atoms with Crippen LogP contribution in [-0.4, -0.2) is 20.6 Å². The van der Waals surface area contributed by atoms with Gasteiger partial charge in [0.05, 0.1) is 13.7 Å². The van der Waals surface area contributed by atoms with E-state index < -0.39 is 10.0 Å². The normalized spacial score (nSPS) is 11.6. The van der Waals surface area contributed by atoms with Gasteiger partial charge in [0.1, 0.15) is 10.6 Å². The highest BCUT2D eigenvalue weighted by atomic mass is 35.5. The molecule has 0 amide bonds. The molecule has 0 saturated carbocycles. The molecule has 2 rings (SSSR count). The van der Waals surface area contributed by atoms with E-state index in [0.717, 1.165) is 5.56 Å². The van der Waals surface area contributed by atoms with Crippen LogP contribution in [0.25, 0.3) is 0 Å². The number of methoxy groups -OCH3 is 1. The Morgan fingerprint density at radius 3 is 2.76 bits per heavy atom. The van der Waals surface area contributed by atoms with Crippen LogP contribution < -0.4 is 9.46 Å². The van der Waals surface area contributed by atoms with Crippen molar-refractivity contribution in [1.82, 2.24) is 4.72 Å². The molecular weight excluding hydrogens is 334 g/mol. The molecule has 0 aliphatic rings. The number of benzene rings is 1. The molecule has 2 aromatic rings. The highest BCUT2D eigenvalue weighted by Crippen LogP contribution is 2.31. The van der Waals surface area contributed by atoms with Crippen LogP contribution in [0.2, 0.25) is 5.02 Å². The molecule has 1 heterocycles. The lowest BCUT2D eigenvalue weighted by molar-refractivity contribution is 0.272. The van der Waals surface area contributed by atoms with E-state index in [4.69, 9.17) is 16.3 Å². The first-order chi connectivity index (χ1) is 9.97. The number of nitrogens with one attached hydrogen (secondary N) is 1. The maximum atomic E-state index is 12.4. The fraction of sp³-hybridized carbons (Fsp3) is 0.231. The minimum atomic E-state index is -3.80. The van der Waals surface area contributed by atoms with Gasteiger partial charge in [0, 0.05) is 17.1 Å². The smallest absolute Gasteiger partial charge is 0.244 e. The van der Waals surface area contributed by atoms with Crippen LogP contribution in [0, 0.1) is 0 Å². The van der Waals surface area contributed by atoms with E-state index in [1.54, 1.807) is 0 Å². The second kappa shape index (κ2) is 6.76. The highest BCUT2D eigenvalue weighted by Gasteiger charge is 2.22. The maximum absolute atomic E-state index is 12.4. The lowest BCUT2D eigenvalue weighted by atomic mass is 10.2. The molecule has 0 saturated heterocycles. The third kappa shape index (κ3) is 3.75. The van der Waals surface area contributed by atoms with Crippen LogP contribution >= 0.6 is 22.9 Å². The lowest BCUT2D eigenvalue weighted by Gasteiger charge is -2.14. The molecule has 0 atom stereocenters. The SMILES string of the molecule is COc1c(CO)cc(Cl)cc1S(=O)(=O)NCc1ccsc1. The van der Waals surface area contributed by atoms with Gasteiger partial charge in [0.15, 0.2) is 0 Å². The van der Waals surface area contributed by atoms with E-state index in [1.807, 2.05) is 16.8 Å². The van der Waals surface area contributed by atoms with Gasteiger partial charge in [0.25, 0.3) is 0 Å². The van der Waals surface area contributed by atoms with Crippen molar-refractivity contribution < 1.29 is 18.3 Å². The zero-order valence-corrected chi connectivity index (χ0v) is 13.6. The summed E-state index contributed by atoms with van der Waals surface area (Å²) in [6.45, 7) is -0.188. The number of hydrogen-bond acceptors (Lipinski definition) is 5. The summed E-state index contributed by atoms with van der Waals surface area (Å²) in [7, 11) is -2.45. The third-order valence-corrected chi connectivity index (χ3v) is 5.16. The molecule has 1 aromatic carbocycles. The molecule has 114 valence electrons. The van der Waals surface area contributed by atoms with Crippen molar-refractivity contribution in [3.8, 4) is 5.75 Å². The largest absolute Gasteiger partial charge is 0.495 e.